The van der Waals surface area contributed by atoms with Gasteiger partial charge in [-0.1, -0.05) is 25.1 Å². The maximum Gasteiger partial charge on any atom is 0.126 e. The van der Waals surface area contributed by atoms with Crippen LogP contribution in [0.25, 0.3) is 0 Å². The van der Waals surface area contributed by atoms with Crippen molar-refractivity contribution in [3.63, 3.8) is 0 Å². The molecule has 0 saturated carbocycles. The summed E-state index contributed by atoms with van der Waals surface area (Å²) in [5.74, 6) is 0.852. The van der Waals surface area contributed by atoms with Crippen LogP contribution in [0.15, 0.2) is 24.3 Å². The van der Waals surface area contributed by atoms with E-state index in [1.807, 2.05) is 12.1 Å². The molecule has 2 heteroatoms. The van der Waals surface area contributed by atoms with Gasteiger partial charge in [0.25, 0.3) is 0 Å². The molecule has 2 unspecified atom stereocenters. The van der Waals surface area contributed by atoms with Gasteiger partial charge < -0.3 is 5.32 Å². The predicted molar refractivity (Wildman–Crippen MR) is 55.8 cm³/mol. The van der Waals surface area contributed by atoms with Crippen molar-refractivity contribution < 1.29 is 4.39 Å². The Morgan fingerprint density at radius 1 is 1.43 bits per heavy atom. The summed E-state index contributed by atoms with van der Waals surface area (Å²) >= 11 is 0. The summed E-state index contributed by atoms with van der Waals surface area (Å²) in [7, 11) is 0. The first-order valence-corrected chi connectivity index (χ1v) is 5.24. The third kappa shape index (κ3) is 1.80. The average molecular weight is 193 g/mol. The molecule has 0 spiro atoms. The van der Waals surface area contributed by atoms with E-state index in [1.54, 1.807) is 12.1 Å². The van der Waals surface area contributed by atoms with Crippen LogP contribution in [0, 0.1) is 11.7 Å². The Hall–Kier alpha value is -0.890. The van der Waals surface area contributed by atoms with Crippen molar-refractivity contribution in [3.05, 3.63) is 35.6 Å². The topological polar surface area (TPSA) is 12.0 Å². The first-order chi connectivity index (χ1) is 6.79. The fraction of sp³-hybridized carbons (Fsp3) is 0.500. The van der Waals surface area contributed by atoms with Gasteiger partial charge in [-0.15, -0.1) is 0 Å². The van der Waals surface area contributed by atoms with Gasteiger partial charge in [0.1, 0.15) is 5.82 Å². The Kier molecular flexibility index (Phi) is 2.82. The van der Waals surface area contributed by atoms with Crippen molar-refractivity contribution in [2.24, 2.45) is 5.92 Å². The summed E-state index contributed by atoms with van der Waals surface area (Å²) in [5, 5.41) is 3.32. The van der Waals surface area contributed by atoms with E-state index in [4.69, 9.17) is 0 Å². The quantitative estimate of drug-likeness (QED) is 0.761. The highest BCUT2D eigenvalue weighted by Gasteiger charge is 2.23. The van der Waals surface area contributed by atoms with Crippen molar-refractivity contribution in [3.8, 4) is 0 Å². The zero-order valence-corrected chi connectivity index (χ0v) is 8.46. The predicted octanol–water partition coefficient (Wildman–Crippen LogP) is 2.54. The Labute approximate surface area is 84.3 Å². The summed E-state index contributed by atoms with van der Waals surface area (Å²) in [6.45, 7) is 4.22. The van der Waals surface area contributed by atoms with Gasteiger partial charge in [0, 0.05) is 0 Å². The molecule has 1 aliphatic heterocycles. The van der Waals surface area contributed by atoms with Crippen LogP contribution in [0.5, 0.6) is 0 Å². The number of nitrogens with one attached hydrogen (secondary N) is 1. The maximum absolute atomic E-state index is 13.5. The molecule has 1 heterocycles. The van der Waals surface area contributed by atoms with E-state index in [0.29, 0.717) is 11.8 Å². The number of hydrogen-bond donors (Lipinski definition) is 1. The van der Waals surface area contributed by atoms with E-state index in [1.165, 1.54) is 0 Å². The van der Waals surface area contributed by atoms with Gasteiger partial charge in [-0.05, 0) is 43.0 Å². The van der Waals surface area contributed by atoms with Crippen LogP contribution in [0.1, 0.15) is 24.8 Å². The smallest absolute Gasteiger partial charge is 0.126 e. The molecule has 0 amide bonds. The molecule has 1 fully saturated rings. The molecular weight excluding hydrogens is 177 g/mol. The lowest BCUT2D eigenvalue weighted by Crippen LogP contribution is -2.15. The molecule has 76 valence electrons. The number of halogens is 1. The lowest BCUT2D eigenvalue weighted by atomic mass is 9.87. The van der Waals surface area contributed by atoms with E-state index >= 15 is 0 Å². The molecule has 0 aromatic heterocycles. The van der Waals surface area contributed by atoms with Crippen molar-refractivity contribution >= 4 is 0 Å². The van der Waals surface area contributed by atoms with Gasteiger partial charge in [0.05, 0.1) is 0 Å². The van der Waals surface area contributed by atoms with Crippen LogP contribution in [-0.2, 0) is 0 Å². The van der Waals surface area contributed by atoms with Crippen LogP contribution in [0.3, 0.4) is 0 Å². The Balaban J connectivity index is 2.17. The van der Waals surface area contributed by atoms with Crippen LogP contribution in [0.4, 0.5) is 4.39 Å². The molecule has 2 rings (SSSR count). The monoisotopic (exact) mass is 193 g/mol. The van der Waals surface area contributed by atoms with Crippen LogP contribution < -0.4 is 5.32 Å². The molecule has 0 aliphatic carbocycles. The van der Waals surface area contributed by atoms with Gasteiger partial charge in [-0.3, -0.25) is 0 Å². The first-order valence-electron chi connectivity index (χ1n) is 5.24. The summed E-state index contributed by atoms with van der Waals surface area (Å²) in [4.78, 5) is 0. The molecule has 1 aromatic carbocycles. The molecule has 1 saturated heterocycles. The van der Waals surface area contributed by atoms with Crippen LogP contribution >= 0.6 is 0 Å². The third-order valence-corrected chi connectivity index (χ3v) is 3.20. The van der Waals surface area contributed by atoms with Crippen molar-refractivity contribution in [1.82, 2.24) is 5.32 Å². The molecule has 0 radical (unpaired) electrons. The summed E-state index contributed by atoms with van der Waals surface area (Å²) in [6.07, 6.45) is 1.16. The average Bonchev–Trinajstić information content (AvgIpc) is 2.70. The zero-order valence-electron chi connectivity index (χ0n) is 8.46. The highest BCUT2D eigenvalue weighted by Crippen LogP contribution is 2.29. The summed E-state index contributed by atoms with van der Waals surface area (Å²) < 4.78 is 13.5. The van der Waals surface area contributed by atoms with Crippen molar-refractivity contribution in [2.45, 2.75) is 19.3 Å². The molecule has 0 bridgehead atoms. The molecule has 2 atom stereocenters. The number of hydrogen-bond acceptors (Lipinski definition) is 1. The van der Waals surface area contributed by atoms with E-state index in [0.717, 1.165) is 25.1 Å². The van der Waals surface area contributed by atoms with Crippen molar-refractivity contribution in [1.29, 1.82) is 0 Å². The molecule has 1 aromatic rings. The molecular formula is C12H16FN. The lowest BCUT2D eigenvalue weighted by Gasteiger charge is -2.18. The maximum atomic E-state index is 13.5. The second kappa shape index (κ2) is 4.09. The molecule has 1 N–H and O–H groups in total. The van der Waals surface area contributed by atoms with Gasteiger partial charge in [-0.2, -0.15) is 0 Å². The summed E-state index contributed by atoms with van der Waals surface area (Å²) in [5.41, 5.74) is 0.862. The SMILES string of the molecule is CC(c1ccccc1F)C1CCNC1. The normalized spacial score (nSPS) is 23.7. The number of benzene rings is 1. The standard InChI is InChI=1S/C12H16FN/c1-9(10-6-7-14-8-10)11-4-2-3-5-12(11)13/h2-5,9-10,14H,6-8H2,1H3. The molecule has 1 nitrogen and oxygen atoms in total. The number of rotatable bonds is 2. The third-order valence-electron chi connectivity index (χ3n) is 3.20. The van der Waals surface area contributed by atoms with Gasteiger partial charge >= 0.3 is 0 Å². The Morgan fingerprint density at radius 2 is 2.21 bits per heavy atom. The van der Waals surface area contributed by atoms with Crippen LogP contribution in [-0.4, -0.2) is 13.1 Å². The molecule has 1 aliphatic rings. The largest absolute Gasteiger partial charge is 0.316 e. The fourth-order valence-corrected chi connectivity index (χ4v) is 2.20. The summed E-state index contributed by atoms with van der Waals surface area (Å²) in [6, 6.07) is 7.11. The van der Waals surface area contributed by atoms with Crippen LogP contribution in [0.2, 0.25) is 0 Å². The fourth-order valence-electron chi connectivity index (χ4n) is 2.20. The highest BCUT2D eigenvalue weighted by molar-refractivity contribution is 5.22. The first kappa shape index (κ1) is 9.66. The zero-order chi connectivity index (χ0) is 9.97. The van der Waals surface area contributed by atoms with Gasteiger partial charge in [0.2, 0.25) is 0 Å². The Morgan fingerprint density at radius 3 is 2.86 bits per heavy atom. The van der Waals surface area contributed by atoms with Gasteiger partial charge in [0.15, 0.2) is 0 Å². The second-order valence-corrected chi connectivity index (χ2v) is 4.06. The van der Waals surface area contributed by atoms with E-state index in [9.17, 15) is 4.39 Å². The van der Waals surface area contributed by atoms with E-state index in [-0.39, 0.29) is 5.82 Å². The lowest BCUT2D eigenvalue weighted by molar-refractivity contribution is 0.466. The molecule has 14 heavy (non-hydrogen) atoms. The van der Waals surface area contributed by atoms with Crippen molar-refractivity contribution in [2.75, 3.05) is 13.1 Å². The highest BCUT2D eigenvalue weighted by atomic mass is 19.1. The Bertz CT molecular complexity index is 305. The van der Waals surface area contributed by atoms with Gasteiger partial charge in [-0.25, -0.2) is 4.39 Å². The second-order valence-electron chi connectivity index (χ2n) is 4.06. The minimum Gasteiger partial charge on any atom is -0.316 e. The minimum atomic E-state index is -0.0631. The van der Waals surface area contributed by atoms with E-state index < -0.39 is 0 Å². The van der Waals surface area contributed by atoms with E-state index in [2.05, 4.69) is 12.2 Å². The minimum absolute atomic E-state index is 0.0631.